The van der Waals surface area contributed by atoms with Crippen LogP contribution in [-0.2, 0) is 9.53 Å². The van der Waals surface area contributed by atoms with Crippen LogP contribution in [0.5, 0.6) is 0 Å². The molecule has 1 aliphatic heterocycles. The van der Waals surface area contributed by atoms with Gasteiger partial charge in [-0.3, -0.25) is 4.79 Å². The SMILES string of the molecule is CC1NC(=O)C(C)N(C(=O)NCCCOCC(F)(F)F)C1C. The number of rotatable bonds is 5. The fourth-order valence-corrected chi connectivity index (χ4v) is 2.20. The van der Waals surface area contributed by atoms with Crippen LogP contribution in [0.1, 0.15) is 27.2 Å². The van der Waals surface area contributed by atoms with Gasteiger partial charge in [-0.1, -0.05) is 0 Å². The highest BCUT2D eigenvalue weighted by Gasteiger charge is 2.37. The van der Waals surface area contributed by atoms with Crippen molar-refractivity contribution in [2.24, 2.45) is 0 Å². The van der Waals surface area contributed by atoms with Gasteiger partial charge < -0.3 is 20.3 Å². The molecular formula is C13H22F3N3O3. The molecule has 3 atom stereocenters. The van der Waals surface area contributed by atoms with Gasteiger partial charge in [-0.15, -0.1) is 0 Å². The van der Waals surface area contributed by atoms with Crippen molar-refractivity contribution in [2.75, 3.05) is 19.8 Å². The topological polar surface area (TPSA) is 70.7 Å². The molecule has 6 nitrogen and oxygen atoms in total. The van der Waals surface area contributed by atoms with E-state index in [1.807, 2.05) is 6.92 Å². The molecule has 9 heteroatoms. The minimum absolute atomic E-state index is 0.0955. The Labute approximate surface area is 127 Å². The van der Waals surface area contributed by atoms with Crippen molar-refractivity contribution in [3.63, 3.8) is 0 Å². The summed E-state index contributed by atoms with van der Waals surface area (Å²) in [7, 11) is 0. The number of amides is 3. The van der Waals surface area contributed by atoms with Gasteiger partial charge in [0.1, 0.15) is 12.6 Å². The molecule has 3 unspecified atom stereocenters. The van der Waals surface area contributed by atoms with Gasteiger partial charge in [0.2, 0.25) is 5.91 Å². The van der Waals surface area contributed by atoms with Crippen molar-refractivity contribution in [3.05, 3.63) is 0 Å². The van der Waals surface area contributed by atoms with Crippen LogP contribution in [-0.4, -0.2) is 60.9 Å². The number of urea groups is 1. The van der Waals surface area contributed by atoms with E-state index in [0.717, 1.165) is 0 Å². The van der Waals surface area contributed by atoms with Crippen molar-refractivity contribution in [2.45, 2.75) is 51.5 Å². The fraction of sp³-hybridized carbons (Fsp3) is 0.846. The van der Waals surface area contributed by atoms with Crippen LogP contribution in [0.25, 0.3) is 0 Å². The Bertz CT molecular complexity index is 404. The summed E-state index contributed by atoms with van der Waals surface area (Å²) in [5.74, 6) is -0.228. The van der Waals surface area contributed by atoms with Gasteiger partial charge in [-0.25, -0.2) is 4.79 Å². The number of hydrogen-bond donors (Lipinski definition) is 2. The van der Waals surface area contributed by atoms with E-state index in [2.05, 4.69) is 15.4 Å². The summed E-state index contributed by atoms with van der Waals surface area (Å²) in [6.45, 7) is 4.05. The summed E-state index contributed by atoms with van der Waals surface area (Å²) < 4.78 is 40.0. The van der Waals surface area contributed by atoms with Crippen molar-refractivity contribution in [3.8, 4) is 0 Å². The lowest BCUT2D eigenvalue weighted by Crippen LogP contribution is -2.65. The smallest absolute Gasteiger partial charge is 0.372 e. The maximum atomic E-state index is 12.1. The van der Waals surface area contributed by atoms with Crippen LogP contribution in [0.3, 0.4) is 0 Å². The molecule has 2 N–H and O–H groups in total. The molecule has 1 rings (SSSR count). The minimum Gasteiger partial charge on any atom is -0.372 e. The number of carbonyl (C=O) groups excluding carboxylic acids is 2. The number of hydrogen-bond acceptors (Lipinski definition) is 3. The molecule has 3 amide bonds. The predicted octanol–water partition coefficient (Wildman–Crippen LogP) is 1.26. The van der Waals surface area contributed by atoms with Crippen molar-refractivity contribution in [1.82, 2.24) is 15.5 Å². The molecule has 0 aromatic heterocycles. The van der Waals surface area contributed by atoms with E-state index in [-0.39, 0.29) is 37.6 Å². The molecule has 1 saturated heterocycles. The average Bonchev–Trinajstić information content (AvgIpc) is 2.39. The largest absolute Gasteiger partial charge is 0.411 e. The minimum atomic E-state index is -4.34. The number of carbonyl (C=O) groups is 2. The van der Waals surface area contributed by atoms with E-state index in [0.29, 0.717) is 0 Å². The third-order valence-corrected chi connectivity index (χ3v) is 3.57. The highest BCUT2D eigenvalue weighted by Crippen LogP contribution is 2.16. The van der Waals surface area contributed by atoms with E-state index >= 15 is 0 Å². The Morgan fingerprint density at radius 3 is 2.59 bits per heavy atom. The highest BCUT2D eigenvalue weighted by atomic mass is 19.4. The summed E-state index contributed by atoms with van der Waals surface area (Å²) in [5.41, 5.74) is 0. The first-order valence-electron chi connectivity index (χ1n) is 7.14. The number of nitrogens with one attached hydrogen (secondary N) is 2. The molecule has 0 aliphatic carbocycles. The maximum absolute atomic E-state index is 12.1. The molecule has 128 valence electrons. The first-order valence-corrected chi connectivity index (χ1v) is 7.14. The zero-order valence-electron chi connectivity index (χ0n) is 12.9. The summed E-state index contributed by atoms with van der Waals surface area (Å²) in [4.78, 5) is 25.3. The van der Waals surface area contributed by atoms with Crippen LogP contribution in [0, 0.1) is 0 Å². The Hall–Kier alpha value is -1.51. The fourth-order valence-electron chi connectivity index (χ4n) is 2.20. The first-order chi connectivity index (χ1) is 10.1. The van der Waals surface area contributed by atoms with Gasteiger partial charge >= 0.3 is 12.2 Å². The number of piperazine rings is 1. The van der Waals surface area contributed by atoms with E-state index in [1.165, 1.54) is 4.90 Å². The van der Waals surface area contributed by atoms with Crippen LogP contribution in [0.2, 0.25) is 0 Å². The maximum Gasteiger partial charge on any atom is 0.411 e. The monoisotopic (exact) mass is 325 g/mol. The zero-order valence-corrected chi connectivity index (χ0v) is 12.9. The van der Waals surface area contributed by atoms with Gasteiger partial charge in [0.15, 0.2) is 0 Å². The van der Waals surface area contributed by atoms with Crippen molar-refractivity contribution < 1.29 is 27.5 Å². The second-order valence-electron chi connectivity index (χ2n) is 5.37. The lowest BCUT2D eigenvalue weighted by molar-refractivity contribution is -0.173. The number of ether oxygens (including phenoxy) is 1. The van der Waals surface area contributed by atoms with E-state index in [9.17, 15) is 22.8 Å². The normalized spacial score (nSPS) is 25.8. The lowest BCUT2D eigenvalue weighted by Gasteiger charge is -2.42. The predicted molar refractivity (Wildman–Crippen MR) is 73.3 cm³/mol. The molecule has 0 saturated carbocycles. The summed E-state index contributed by atoms with van der Waals surface area (Å²) in [5, 5.41) is 5.37. The Balaban J connectivity index is 2.33. The quantitative estimate of drug-likeness (QED) is 0.748. The van der Waals surface area contributed by atoms with Gasteiger partial charge in [-0.05, 0) is 27.2 Å². The van der Waals surface area contributed by atoms with Gasteiger partial charge in [0, 0.05) is 19.2 Å². The second-order valence-corrected chi connectivity index (χ2v) is 5.37. The van der Waals surface area contributed by atoms with Crippen molar-refractivity contribution >= 4 is 11.9 Å². The molecule has 1 fully saturated rings. The zero-order chi connectivity index (χ0) is 16.9. The van der Waals surface area contributed by atoms with Gasteiger partial charge in [-0.2, -0.15) is 13.2 Å². The van der Waals surface area contributed by atoms with E-state index < -0.39 is 24.9 Å². The molecule has 0 radical (unpaired) electrons. The van der Waals surface area contributed by atoms with Gasteiger partial charge in [0.25, 0.3) is 0 Å². The second kappa shape index (κ2) is 7.66. The molecule has 1 heterocycles. The molecule has 22 heavy (non-hydrogen) atoms. The summed E-state index contributed by atoms with van der Waals surface area (Å²) in [6, 6.07) is -1.33. The molecule has 0 aromatic carbocycles. The third-order valence-electron chi connectivity index (χ3n) is 3.57. The Morgan fingerprint density at radius 1 is 1.36 bits per heavy atom. The first kappa shape index (κ1) is 18.5. The Morgan fingerprint density at radius 2 is 2.00 bits per heavy atom. The van der Waals surface area contributed by atoms with E-state index in [4.69, 9.17) is 0 Å². The number of halogens is 3. The third kappa shape index (κ3) is 5.36. The molecule has 0 spiro atoms. The highest BCUT2D eigenvalue weighted by molar-refractivity contribution is 5.88. The van der Waals surface area contributed by atoms with Crippen LogP contribution in [0.15, 0.2) is 0 Å². The molecule has 0 aromatic rings. The molecule has 1 aliphatic rings. The van der Waals surface area contributed by atoms with Crippen LogP contribution in [0.4, 0.5) is 18.0 Å². The van der Waals surface area contributed by atoms with Crippen molar-refractivity contribution in [1.29, 1.82) is 0 Å². The number of nitrogens with zero attached hydrogens (tertiary/aromatic N) is 1. The summed E-state index contributed by atoms with van der Waals surface area (Å²) in [6.07, 6.45) is -4.08. The lowest BCUT2D eigenvalue weighted by atomic mass is 10.0. The Kier molecular flexibility index (Phi) is 6.46. The number of alkyl halides is 3. The average molecular weight is 325 g/mol. The van der Waals surface area contributed by atoms with Crippen LogP contribution < -0.4 is 10.6 Å². The molecule has 0 bridgehead atoms. The van der Waals surface area contributed by atoms with Gasteiger partial charge in [0.05, 0.1) is 6.04 Å². The standard InChI is InChI=1S/C13H22F3N3O3/c1-8-9(2)19(10(3)11(20)18-8)12(21)17-5-4-6-22-7-13(14,15)16/h8-10H,4-7H2,1-3H3,(H,17,21)(H,18,20). The van der Waals surface area contributed by atoms with Crippen LogP contribution >= 0.6 is 0 Å². The van der Waals surface area contributed by atoms with E-state index in [1.54, 1.807) is 13.8 Å². The molecular weight excluding hydrogens is 303 g/mol. The summed E-state index contributed by atoms with van der Waals surface area (Å²) >= 11 is 0.